The Morgan fingerprint density at radius 2 is 1.96 bits per heavy atom. The molecule has 1 saturated heterocycles. The normalized spacial score (nSPS) is 17.9. The number of hydrogen-bond acceptors (Lipinski definition) is 3. The maximum absolute atomic E-state index is 12.5. The predicted molar refractivity (Wildman–Crippen MR) is 93.9 cm³/mol. The van der Waals surface area contributed by atoms with Gasteiger partial charge in [-0.05, 0) is 32.4 Å². The second kappa shape index (κ2) is 6.23. The third-order valence-corrected chi connectivity index (χ3v) is 4.02. The molecule has 0 saturated carbocycles. The average molecular weight is 342 g/mol. The molecule has 0 radical (unpaired) electrons. The number of aromatic amines is 1. The molecule has 0 aliphatic carbocycles. The van der Waals surface area contributed by atoms with Crippen molar-refractivity contribution in [2.24, 2.45) is 0 Å². The van der Waals surface area contributed by atoms with Gasteiger partial charge in [0.25, 0.3) is 5.91 Å². The summed E-state index contributed by atoms with van der Waals surface area (Å²) in [5.74, 6) is -0.733. The lowest BCUT2D eigenvalue weighted by Crippen LogP contribution is -2.47. The Bertz CT molecular complexity index is 834. The Morgan fingerprint density at radius 1 is 1.24 bits per heavy atom. The highest BCUT2D eigenvalue weighted by Crippen LogP contribution is 2.21. The molecule has 25 heavy (non-hydrogen) atoms. The fraction of sp³-hybridized carbons (Fsp3) is 0.389. The number of nitrogens with one attached hydrogen (secondary N) is 3. The highest BCUT2D eigenvalue weighted by Gasteiger charge is 2.39. The summed E-state index contributed by atoms with van der Waals surface area (Å²) >= 11 is 0. The Morgan fingerprint density at radius 3 is 2.68 bits per heavy atom. The molecule has 1 aliphatic rings. The van der Waals surface area contributed by atoms with Crippen molar-refractivity contribution in [3.63, 3.8) is 0 Å². The molecular weight excluding hydrogens is 320 g/mol. The molecule has 2 heterocycles. The summed E-state index contributed by atoms with van der Waals surface area (Å²) in [4.78, 5) is 40.8. The first-order valence-corrected chi connectivity index (χ1v) is 8.22. The van der Waals surface area contributed by atoms with Crippen molar-refractivity contribution in [3.05, 3.63) is 36.0 Å². The van der Waals surface area contributed by atoms with Crippen molar-refractivity contribution in [2.75, 3.05) is 6.54 Å². The van der Waals surface area contributed by atoms with E-state index in [1.165, 1.54) is 0 Å². The van der Waals surface area contributed by atoms with Crippen LogP contribution in [0.2, 0.25) is 0 Å². The van der Waals surface area contributed by atoms with Crippen molar-refractivity contribution in [1.82, 2.24) is 20.5 Å². The minimum Gasteiger partial charge on any atom is -0.361 e. The molecule has 0 bridgehead atoms. The molecule has 1 atom stereocenters. The molecule has 7 nitrogen and oxygen atoms in total. The number of rotatable bonds is 4. The quantitative estimate of drug-likeness (QED) is 0.736. The maximum Gasteiger partial charge on any atom is 0.325 e. The van der Waals surface area contributed by atoms with Crippen molar-refractivity contribution in [3.8, 4) is 0 Å². The smallest absolute Gasteiger partial charge is 0.325 e. The van der Waals surface area contributed by atoms with Crippen LogP contribution in [0.1, 0.15) is 26.3 Å². The highest BCUT2D eigenvalue weighted by atomic mass is 16.2. The zero-order valence-corrected chi connectivity index (χ0v) is 14.6. The number of H-pyrrole nitrogens is 1. The van der Waals surface area contributed by atoms with E-state index in [4.69, 9.17) is 0 Å². The topological polar surface area (TPSA) is 94.3 Å². The number of urea groups is 1. The molecule has 132 valence electrons. The third-order valence-electron chi connectivity index (χ3n) is 4.02. The minimum atomic E-state index is -0.658. The van der Waals surface area contributed by atoms with Gasteiger partial charge >= 0.3 is 6.03 Å². The van der Waals surface area contributed by atoms with E-state index in [9.17, 15) is 14.4 Å². The second-order valence-electron chi connectivity index (χ2n) is 7.29. The lowest BCUT2D eigenvalue weighted by molar-refractivity contribution is -0.132. The first-order chi connectivity index (χ1) is 11.7. The number of nitrogens with zero attached hydrogens (tertiary/aromatic N) is 1. The number of benzene rings is 1. The zero-order valence-electron chi connectivity index (χ0n) is 14.6. The number of carbonyl (C=O) groups is 3. The number of imide groups is 1. The molecule has 1 fully saturated rings. The molecule has 1 aromatic heterocycles. The standard InChI is InChI=1S/C18H22N4O3/c1-18(2,3)21-15(23)10-22-16(24)14(20-17(22)25)8-11-9-19-13-7-5-4-6-12(11)13/h4-7,9,14,19H,8,10H2,1-3H3,(H,20,25)(H,21,23)/t14-/m0/s1. The van der Waals surface area contributed by atoms with Crippen LogP contribution in [0.4, 0.5) is 4.79 Å². The summed E-state index contributed by atoms with van der Waals surface area (Å²) in [6.45, 7) is 5.26. The second-order valence-corrected chi connectivity index (χ2v) is 7.29. The van der Waals surface area contributed by atoms with Gasteiger partial charge in [0, 0.05) is 29.1 Å². The number of fused-ring (bicyclic) bond motifs is 1. The zero-order chi connectivity index (χ0) is 18.2. The Balaban J connectivity index is 1.70. The Labute approximate surface area is 145 Å². The van der Waals surface area contributed by atoms with Gasteiger partial charge in [-0.3, -0.25) is 14.5 Å². The largest absolute Gasteiger partial charge is 0.361 e. The van der Waals surface area contributed by atoms with Crippen molar-refractivity contribution in [2.45, 2.75) is 38.8 Å². The van der Waals surface area contributed by atoms with Gasteiger partial charge in [0.2, 0.25) is 5.91 Å². The van der Waals surface area contributed by atoms with Crippen LogP contribution in [0.5, 0.6) is 0 Å². The van der Waals surface area contributed by atoms with Crippen molar-refractivity contribution in [1.29, 1.82) is 0 Å². The SMILES string of the molecule is CC(C)(C)NC(=O)CN1C(=O)N[C@@H](Cc2c[nH]c3ccccc23)C1=O. The van der Waals surface area contributed by atoms with Gasteiger partial charge in [-0.2, -0.15) is 0 Å². The van der Waals surface area contributed by atoms with Gasteiger partial charge in [-0.1, -0.05) is 18.2 Å². The molecule has 7 heteroatoms. The summed E-state index contributed by atoms with van der Waals surface area (Å²) in [6, 6.07) is 6.60. The van der Waals surface area contributed by atoms with Gasteiger partial charge in [-0.25, -0.2) is 4.79 Å². The molecular formula is C18H22N4O3. The molecule has 3 N–H and O–H groups in total. The van der Waals surface area contributed by atoms with Crippen LogP contribution in [0.25, 0.3) is 10.9 Å². The number of para-hydroxylation sites is 1. The van der Waals surface area contributed by atoms with Crippen molar-refractivity contribution < 1.29 is 14.4 Å². The molecule has 4 amide bonds. The van der Waals surface area contributed by atoms with Crippen LogP contribution in [0.3, 0.4) is 0 Å². The van der Waals surface area contributed by atoms with Gasteiger partial charge in [0.05, 0.1) is 0 Å². The average Bonchev–Trinajstić information content (AvgIpc) is 3.03. The number of carbonyl (C=O) groups excluding carboxylic acids is 3. The molecule has 0 spiro atoms. The summed E-state index contributed by atoms with van der Waals surface area (Å²) in [5, 5.41) is 6.44. The highest BCUT2D eigenvalue weighted by molar-refractivity contribution is 6.06. The summed E-state index contributed by atoms with van der Waals surface area (Å²) in [5.41, 5.74) is 1.52. The maximum atomic E-state index is 12.5. The van der Waals surface area contributed by atoms with E-state index in [-0.39, 0.29) is 18.4 Å². The van der Waals surface area contributed by atoms with Crippen molar-refractivity contribution >= 4 is 28.7 Å². The fourth-order valence-electron chi connectivity index (χ4n) is 2.99. The van der Waals surface area contributed by atoms with Gasteiger partial charge in [0.15, 0.2) is 0 Å². The van der Waals surface area contributed by atoms with Crippen LogP contribution in [-0.4, -0.2) is 45.9 Å². The molecule has 0 unspecified atom stereocenters. The molecule has 3 rings (SSSR count). The Kier molecular flexibility index (Phi) is 4.24. The summed E-state index contributed by atoms with van der Waals surface area (Å²) in [7, 11) is 0. The Hall–Kier alpha value is -2.83. The molecule has 1 aliphatic heterocycles. The van der Waals surface area contributed by atoms with E-state index in [1.54, 1.807) is 0 Å². The summed E-state index contributed by atoms with van der Waals surface area (Å²) in [6.07, 6.45) is 2.23. The monoisotopic (exact) mass is 342 g/mol. The molecule has 1 aromatic carbocycles. The fourth-order valence-corrected chi connectivity index (χ4v) is 2.99. The summed E-state index contributed by atoms with van der Waals surface area (Å²) < 4.78 is 0. The van der Waals surface area contributed by atoms with Gasteiger partial charge in [0.1, 0.15) is 12.6 Å². The first-order valence-electron chi connectivity index (χ1n) is 8.22. The number of hydrogen-bond donors (Lipinski definition) is 3. The van der Waals surface area contributed by atoms with E-state index < -0.39 is 17.6 Å². The van der Waals surface area contributed by atoms with E-state index in [2.05, 4.69) is 15.6 Å². The molecule has 2 aromatic rings. The van der Waals surface area contributed by atoms with Gasteiger partial charge < -0.3 is 15.6 Å². The van der Waals surface area contributed by atoms with Crippen LogP contribution in [-0.2, 0) is 16.0 Å². The van der Waals surface area contributed by atoms with Gasteiger partial charge in [-0.15, -0.1) is 0 Å². The van der Waals surface area contributed by atoms with Crippen LogP contribution in [0, 0.1) is 0 Å². The van der Waals surface area contributed by atoms with Crippen LogP contribution in [0.15, 0.2) is 30.5 Å². The van der Waals surface area contributed by atoms with Crippen LogP contribution < -0.4 is 10.6 Å². The number of aromatic nitrogens is 1. The minimum absolute atomic E-state index is 0.272. The van der Waals surface area contributed by atoms with E-state index in [1.807, 2.05) is 51.2 Å². The van der Waals surface area contributed by atoms with E-state index >= 15 is 0 Å². The van der Waals surface area contributed by atoms with E-state index in [0.717, 1.165) is 21.4 Å². The third kappa shape index (κ3) is 3.65. The lowest BCUT2D eigenvalue weighted by atomic mass is 10.1. The first kappa shape index (κ1) is 17.0. The predicted octanol–water partition coefficient (Wildman–Crippen LogP) is 1.55. The van der Waals surface area contributed by atoms with E-state index in [0.29, 0.717) is 6.42 Å². The van der Waals surface area contributed by atoms with Crippen LogP contribution >= 0.6 is 0 Å². The number of amides is 4. The lowest BCUT2D eigenvalue weighted by Gasteiger charge is -2.22.